The summed E-state index contributed by atoms with van der Waals surface area (Å²) in [6.45, 7) is 1.69. The van der Waals surface area contributed by atoms with Crippen LogP contribution >= 0.6 is 11.3 Å². The molecular formula is C23H26N8O2S. The number of ketones is 2. The Morgan fingerprint density at radius 1 is 0.794 bits per heavy atom. The lowest BCUT2D eigenvalue weighted by atomic mass is 9.81. The molecule has 0 radical (unpaired) electrons. The maximum Gasteiger partial charge on any atom is 0.196 e. The highest BCUT2D eigenvalue weighted by Crippen LogP contribution is 2.45. The fourth-order valence-electron chi connectivity index (χ4n) is 4.02. The van der Waals surface area contributed by atoms with Crippen LogP contribution in [0.15, 0.2) is 45.7 Å². The van der Waals surface area contributed by atoms with Crippen molar-refractivity contribution in [3.8, 4) is 0 Å². The van der Waals surface area contributed by atoms with Gasteiger partial charge in [0.25, 0.3) is 0 Å². The zero-order chi connectivity index (χ0) is 24.2. The van der Waals surface area contributed by atoms with Crippen LogP contribution in [0.2, 0.25) is 0 Å². The summed E-state index contributed by atoms with van der Waals surface area (Å²) < 4.78 is 0.880. The van der Waals surface area contributed by atoms with Gasteiger partial charge in [-0.25, -0.2) is 0 Å². The number of benzene rings is 2. The molecule has 11 heteroatoms. The van der Waals surface area contributed by atoms with Gasteiger partial charge < -0.3 is 33.6 Å². The van der Waals surface area contributed by atoms with Crippen LogP contribution < -0.4 is 33.6 Å². The number of nitrogens with zero attached hydrogens (tertiary/aromatic N) is 2. The van der Waals surface area contributed by atoms with Crippen molar-refractivity contribution in [2.24, 2.45) is 32.9 Å². The average Bonchev–Trinajstić information content (AvgIpc) is 3.30. The molecule has 1 aliphatic rings. The second-order valence-electron chi connectivity index (χ2n) is 7.69. The number of carbonyl (C=O) groups is 2. The van der Waals surface area contributed by atoms with Crippen molar-refractivity contribution in [1.29, 1.82) is 0 Å². The van der Waals surface area contributed by atoms with Gasteiger partial charge in [0.1, 0.15) is 0 Å². The second kappa shape index (κ2) is 9.79. The monoisotopic (exact) mass is 478 g/mol. The normalized spacial score (nSPS) is 12.1. The Hall–Kier alpha value is -4.12. The summed E-state index contributed by atoms with van der Waals surface area (Å²) in [7, 11) is 0. The van der Waals surface area contributed by atoms with Crippen molar-refractivity contribution < 1.29 is 9.59 Å². The van der Waals surface area contributed by atoms with E-state index >= 15 is 0 Å². The summed E-state index contributed by atoms with van der Waals surface area (Å²) in [4.78, 5) is 35.3. The van der Waals surface area contributed by atoms with Gasteiger partial charge >= 0.3 is 0 Å². The standard InChI is InChI=1S/C23H26N8O2S/c24-22(25)30-8-3-7-28-18-16-15(19(32)12-4-1-2-5-13(12)20(16)33)17(14-6-11-34-21(14)18)29-9-10-31-23(26)27/h1-2,4-6,11,28-29H,3,7-10H2,(H4,24,25,30)(H4,26,27,31). The van der Waals surface area contributed by atoms with Gasteiger partial charge in [0, 0.05) is 36.1 Å². The molecule has 176 valence electrons. The van der Waals surface area contributed by atoms with Crippen LogP contribution in [-0.2, 0) is 0 Å². The smallest absolute Gasteiger partial charge is 0.196 e. The number of anilines is 2. The first-order chi connectivity index (χ1) is 16.4. The molecule has 1 aromatic heterocycles. The van der Waals surface area contributed by atoms with Crippen molar-refractivity contribution in [3.63, 3.8) is 0 Å². The van der Waals surface area contributed by atoms with Gasteiger partial charge in [-0.15, -0.1) is 11.3 Å². The van der Waals surface area contributed by atoms with E-state index in [0.29, 0.717) is 66.2 Å². The average molecular weight is 479 g/mol. The van der Waals surface area contributed by atoms with E-state index in [1.165, 1.54) is 11.3 Å². The molecule has 0 aliphatic heterocycles. The minimum absolute atomic E-state index is 0.00929. The van der Waals surface area contributed by atoms with Crippen LogP contribution in [0.5, 0.6) is 0 Å². The van der Waals surface area contributed by atoms with Crippen molar-refractivity contribution in [1.82, 2.24) is 0 Å². The Morgan fingerprint density at radius 2 is 1.38 bits per heavy atom. The Morgan fingerprint density at radius 3 is 2.03 bits per heavy atom. The highest BCUT2D eigenvalue weighted by atomic mass is 32.1. The van der Waals surface area contributed by atoms with Gasteiger partial charge in [-0.3, -0.25) is 19.6 Å². The van der Waals surface area contributed by atoms with Crippen LogP contribution in [0.4, 0.5) is 11.4 Å². The SMILES string of the molecule is NC(N)=NCCCNc1c2c(c(NCCN=C(N)N)c3ccsc13)C(=O)c1ccccc1C2=O. The lowest BCUT2D eigenvalue weighted by Gasteiger charge is -2.25. The minimum atomic E-state index is -0.203. The van der Waals surface area contributed by atoms with Gasteiger partial charge in [0.05, 0.1) is 33.7 Å². The van der Waals surface area contributed by atoms with E-state index in [2.05, 4.69) is 20.6 Å². The van der Waals surface area contributed by atoms with Crippen molar-refractivity contribution in [3.05, 3.63) is 58.0 Å². The molecule has 0 unspecified atom stereocenters. The lowest BCUT2D eigenvalue weighted by Crippen LogP contribution is -2.26. The third-order valence-electron chi connectivity index (χ3n) is 5.42. The minimum Gasteiger partial charge on any atom is -0.383 e. The number of fused-ring (bicyclic) bond motifs is 3. The Bertz CT molecular complexity index is 1320. The van der Waals surface area contributed by atoms with Crippen LogP contribution in [0.3, 0.4) is 0 Å². The molecule has 0 atom stereocenters. The van der Waals surface area contributed by atoms with Gasteiger partial charge in [0.2, 0.25) is 0 Å². The third kappa shape index (κ3) is 4.37. The van der Waals surface area contributed by atoms with Crippen molar-refractivity contribution in [2.75, 3.05) is 36.8 Å². The van der Waals surface area contributed by atoms with E-state index in [-0.39, 0.29) is 23.5 Å². The van der Waals surface area contributed by atoms with Crippen LogP contribution in [-0.4, -0.2) is 49.7 Å². The summed E-state index contributed by atoms with van der Waals surface area (Å²) in [5.41, 5.74) is 24.4. The van der Waals surface area contributed by atoms with Crippen LogP contribution in [0.1, 0.15) is 38.3 Å². The highest BCUT2D eigenvalue weighted by Gasteiger charge is 2.36. The van der Waals surface area contributed by atoms with E-state index in [1.807, 2.05) is 11.4 Å². The number of carbonyl (C=O) groups excluding carboxylic acids is 2. The predicted octanol–water partition coefficient (Wildman–Crippen LogP) is 1.44. The molecule has 1 heterocycles. The number of nitrogens with one attached hydrogen (secondary N) is 2. The summed E-state index contributed by atoms with van der Waals surface area (Å²) in [6, 6.07) is 8.82. The number of guanidine groups is 2. The summed E-state index contributed by atoms with van der Waals surface area (Å²) in [6.07, 6.45) is 0.650. The molecule has 0 saturated heterocycles. The zero-order valence-corrected chi connectivity index (χ0v) is 19.2. The summed E-state index contributed by atoms with van der Waals surface area (Å²) >= 11 is 1.50. The largest absolute Gasteiger partial charge is 0.383 e. The zero-order valence-electron chi connectivity index (χ0n) is 18.4. The van der Waals surface area contributed by atoms with Gasteiger partial charge in [-0.1, -0.05) is 24.3 Å². The maximum absolute atomic E-state index is 13.7. The Balaban J connectivity index is 1.81. The topological polar surface area (TPSA) is 187 Å². The fraction of sp³-hybridized carbons (Fsp3) is 0.217. The molecule has 4 rings (SSSR count). The first-order valence-corrected chi connectivity index (χ1v) is 11.6. The number of thiophene rings is 1. The first kappa shape index (κ1) is 23.1. The van der Waals surface area contributed by atoms with Crippen molar-refractivity contribution in [2.45, 2.75) is 6.42 Å². The van der Waals surface area contributed by atoms with Gasteiger partial charge in [-0.2, -0.15) is 0 Å². The van der Waals surface area contributed by atoms with E-state index in [0.717, 1.165) is 10.1 Å². The second-order valence-corrected chi connectivity index (χ2v) is 8.60. The molecule has 3 aromatic rings. The van der Waals surface area contributed by atoms with E-state index in [4.69, 9.17) is 22.9 Å². The van der Waals surface area contributed by atoms with Crippen LogP contribution in [0, 0.1) is 0 Å². The van der Waals surface area contributed by atoms with E-state index in [1.54, 1.807) is 24.3 Å². The number of hydrogen-bond acceptors (Lipinski definition) is 7. The Labute approximate surface area is 200 Å². The fourth-order valence-corrected chi connectivity index (χ4v) is 4.95. The molecule has 10 N–H and O–H groups in total. The van der Waals surface area contributed by atoms with E-state index in [9.17, 15) is 9.59 Å². The summed E-state index contributed by atoms with van der Waals surface area (Å²) in [5.74, 6) is -0.373. The molecule has 1 aliphatic carbocycles. The molecular weight excluding hydrogens is 452 g/mol. The number of rotatable bonds is 9. The Kier molecular flexibility index (Phi) is 6.64. The number of aliphatic imine (C=N–C) groups is 2. The van der Waals surface area contributed by atoms with Crippen molar-refractivity contribution >= 4 is 56.3 Å². The molecule has 2 aromatic carbocycles. The van der Waals surface area contributed by atoms with Crippen LogP contribution in [0.25, 0.3) is 10.1 Å². The first-order valence-electron chi connectivity index (χ1n) is 10.7. The van der Waals surface area contributed by atoms with Gasteiger partial charge in [-0.05, 0) is 17.9 Å². The summed E-state index contributed by atoms with van der Waals surface area (Å²) in [5, 5.41) is 9.45. The molecule has 10 nitrogen and oxygen atoms in total. The molecule has 0 bridgehead atoms. The molecule has 0 amide bonds. The maximum atomic E-state index is 13.7. The predicted molar refractivity (Wildman–Crippen MR) is 138 cm³/mol. The third-order valence-corrected chi connectivity index (χ3v) is 6.35. The quantitative estimate of drug-likeness (QED) is 0.0902. The molecule has 34 heavy (non-hydrogen) atoms. The molecule has 0 fully saturated rings. The van der Waals surface area contributed by atoms with Gasteiger partial charge in [0.15, 0.2) is 23.5 Å². The number of nitrogens with two attached hydrogens (primary N) is 4. The number of hydrogen-bond donors (Lipinski definition) is 6. The lowest BCUT2D eigenvalue weighted by molar-refractivity contribution is 0.0980. The molecule has 0 saturated carbocycles. The van der Waals surface area contributed by atoms with E-state index < -0.39 is 0 Å². The highest BCUT2D eigenvalue weighted by molar-refractivity contribution is 7.18. The molecule has 0 spiro atoms.